The number of benzene rings is 1. The highest BCUT2D eigenvalue weighted by Gasteiger charge is 2.22. The average molecular weight is 358 g/mol. The van der Waals surface area contributed by atoms with Gasteiger partial charge in [0, 0.05) is 31.8 Å². The summed E-state index contributed by atoms with van der Waals surface area (Å²) in [6.45, 7) is 2.85. The summed E-state index contributed by atoms with van der Waals surface area (Å²) in [6.07, 6.45) is 5.63. The largest absolute Gasteiger partial charge is 0.497 e. The zero-order chi connectivity index (χ0) is 18.4. The maximum atomic E-state index is 12.2. The molecule has 1 unspecified atom stereocenters. The van der Waals surface area contributed by atoms with Gasteiger partial charge in [0.25, 0.3) is 0 Å². The van der Waals surface area contributed by atoms with E-state index in [4.69, 9.17) is 9.47 Å². The number of hydrogen-bond acceptors (Lipinski definition) is 5. The minimum Gasteiger partial charge on any atom is -0.497 e. The Bertz CT molecular complexity index is 731. The molecule has 1 N–H and O–H groups in total. The summed E-state index contributed by atoms with van der Waals surface area (Å²) in [7, 11) is 3.47. The van der Waals surface area contributed by atoms with Gasteiger partial charge in [-0.3, -0.25) is 14.4 Å². The fraction of sp³-hybridized carbons (Fsp3) is 0.474. The smallest absolute Gasteiger partial charge is 0.238 e. The fourth-order valence-corrected chi connectivity index (χ4v) is 3.23. The molecule has 0 saturated carbocycles. The first kappa shape index (κ1) is 18.3. The molecule has 2 aromatic rings. The van der Waals surface area contributed by atoms with E-state index in [-0.39, 0.29) is 5.91 Å². The van der Waals surface area contributed by atoms with Crippen LogP contribution in [0.1, 0.15) is 12.8 Å². The summed E-state index contributed by atoms with van der Waals surface area (Å²) in [5, 5.41) is 6.94. The van der Waals surface area contributed by atoms with Gasteiger partial charge in [0.2, 0.25) is 5.91 Å². The van der Waals surface area contributed by atoms with Gasteiger partial charge in [-0.2, -0.15) is 5.10 Å². The molecule has 0 aliphatic carbocycles. The van der Waals surface area contributed by atoms with E-state index in [0.29, 0.717) is 19.1 Å². The van der Waals surface area contributed by atoms with E-state index in [1.807, 2.05) is 31.3 Å². The van der Waals surface area contributed by atoms with Crippen LogP contribution in [0.2, 0.25) is 0 Å². The SMILES string of the molecule is COc1cccc(OCC2CCCN(CC(=O)Nc3cnn(C)c3)C2)c1. The van der Waals surface area contributed by atoms with Crippen LogP contribution in [-0.4, -0.2) is 53.9 Å². The highest BCUT2D eigenvalue weighted by molar-refractivity contribution is 5.91. The van der Waals surface area contributed by atoms with E-state index < -0.39 is 0 Å². The van der Waals surface area contributed by atoms with Crippen molar-refractivity contribution in [2.24, 2.45) is 13.0 Å². The van der Waals surface area contributed by atoms with Crippen molar-refractivity contribution in [1.82, 2.24) is 14.7 Å². The number of piperidine rings is 1. The monoisotopic (exact) mass is 358 g/mol. The molecule has 1 amide bonds. The number of hydrogen-bond donors (Lipinski definition) is 1. The standard InChI is InChI=1S/C19H26N4O3/c1-22-12-16(10-20-22)21-19(24)13-23-8-4-5-15(11-23)14-26-18-7-3-6-17(9-18)25-2/h3,6-7,9-10,12,15H,4-5,8,11,13-14H2,1-2H3,(H,21,24). The third kappa shape index (κ3) is 5.23. The number of methoxy groups -OCH3 is 1. The molecule has 1 aliphatic rings. The Morgan fingerprint density at radius 2 is 2.23 bits per heavy atom. The molecule has 7 heteroatoms. The molecule has 1 atom stereocenters. The molecule has 140 valence electrons. The molecule has 1 aromatic heterocycles. The third-order valence-corrected chi connectivity index (χ3v) is 4.49. The number of nitrogens with one attached hydrogen (secondary N) is 1. The van der Waals surface area contributed by atoms with Crippen LogP contribution >= 0.6 is 0 Å². The minimum atomic E-state index is -0.00707. The predicted molar refractivity (Wildman–Crippen MR) is 99.5 cm³/mol. The van der Waals surface area contributed by atoms with E-state index in [1.54, 1.807) is 24.2 Å². The van der Waals surface area contributed by atoms with Gasteiger partial charge in [-0.15, -0.1) is 0 Å². The second-order valence-electron chi connectivity index (χ2n) is 6.68. The Hall–Kier alpha value is -2.54. The topological polar surface area (TPSA) is 68.6 Å². The maximum absolute atomic E-state index is 12.2. The lowest BCUT2D eigenvalue weighted by atomic mass is 9.99. The number of rotatable bonds is 7. The molecule has 1 saturated heterocycles. The molecule has 26 heavy (non-hydrogen) atoms. The van der Waals surface area contributed by atoms with Gasteiger partial charge in [0.15, 0.2) is 0 Å². The first-order valence-corrected chi connectivity index (χ1v) is 8.90. The van der Waals surface area contributed by atoms with Gasteiger partial charge < -0.3 is 14.8 Å². The molecular formula is C19H26N4O3. The van der Waals surface area contributed by atoms with Gasteiger partial charge in [0.1, 0.15) is 11.5 Å². The van der Waals surface area contributed by atoms with Gasteiger partial charge in [-0.25, -0.2) is 0 Å². The van der Waals surface area contributed by atoms with E-state index >= 15 is 0 Å². The zero-order valence-electron chi connectivity index (χ0n) is 15.4. The first-order chi connectivity index (χ1) is 12.6. The van der Waals surface area contributed by atoms with Crippen molar-refractivity contribution in [3.8, 4) is 11.5 Å². The average Bonchev–Trinajstić information content (AvgIpc) is 3.05. The van der Waals surface area contributed by atoms with Crippen molar-refractivity contribution < 1.29 is 14.3 Å². The number of likely N-dealkylation sites (tertiary alicyclic amines) is 1. The lowest BCUT2D eigenvalue weighted by Crippen LogP contribution is -2.41. The number of amides is 1. The lowest BCUT2D eigenvalue weighted by molar-refractivity contribution is -0.117. The fourth-order valence-electron chi connectivity index (χ4n) is 3.23. The van der Waals surface area contributed by atoms with Crippen LogP contribution in [-0.2, 0) is 11.8 Å². The maximum Gasteiger partial charge on any atom is 0.238 e. The number of aromatic nitrogens is 2. The number of nitrogens with zero attached hydrogens (tertiary/aromatic N) is 3. The minimum absolute atomic E-state index is 0.00707. The van der Waals surface area contributed by atoms with Crippen molar-refractivity contribution in [2.45, 2.75) is 12.8 Å². The Kier molecular flexibility index (Phi) is 6.12. The van der Waals surface area contributed by atoms with Gasteiger partial charge in [0.05, 0.1) is 32.1 Å². The van der Waals surface area contributed by atoms with Crippen LogP contribution in [0.5, 0.6) is 11.5 Å². The van der Waals surface area contributed by atoms with Crippen LogP contribution < -0.4 is 14.8 Å². The number of carbonyl (C=O) groups is 1. The van der Waals surface area contributed by atoms with Crippen molar-refractivity contribution in [3.05, 3.63) is 36.7 Å². The summed E-state index contributed by atoms with van der Waals surface area (Å²) >= 11 is 0. The van der Waals surface area contributed by atoms with E-state index in [2.05, 4.69) is 15.3 Å². The van der Waals surface area contributed by atoms with E-state index in [1.165, 1.54) is 0 Å². The first-order valence-electron chi connectivity index (χ1n) is 8.90. The van der Waals surface area contributed by atoms with Crippen molar-refractivity contribution in [1.29, 1.82) is 0 Å². The number of aryl methyl sites for hydroxylation is 1. The second kappa shape index (κ2) is 8.71. The predicted octanol–water partition coefficient (Wildman–Crippen LogP) is 2.16. The summed E-state index contributed by atoms with van der Waals surface area (Å²) in [5.74, 6) is 2.02. The highest BCUT2D eigenvalue weighted by atomic mass is 16.5. The summed E-state index contributed by atoms with van der Waals surface area (Å²) in [5.41, 5.74) is 0.729. The van der Waals surface area contributed by atoms with Crippen LogP contribution in [0.4, 0.5) is 5.69 Å². The highest BCUT2D eigenvalue weighted by Crippen LogP contribution is 2.22. The van der Waals surface area contributed by atoms with Crippen LogP contribution in [0.25, 0.3) is 0 Å². The molecular weight excluding hydrogens is 332 g/mol. The molecule has 0 bridgehead atoms. The Balaban J connectivity index is 1.45. The molecule has 0 radical (unpaired) electrons. The van der Waals surface area contributed by atoms with Crippen molar-refractivity contribution in [3.63, 3.8) is 0 Å². The molecule has 1 aromatic carbocycles. The van der Waals surface area contributed by atoms with Crippen LogP contribution in [0.3, 0.4) is 0 Å². The third-order valence-electron chi connectivity index (χ3n) is 4.49. The van der Waals surface area contributed by atoms with Crippen LogP contribution in [0, 0.1) is 5.92 Å². The molecule has 3 rings (SSSR count). The molecule has 2 heterocycles. The van der Waals surface area contributed by atoms with Gasteiger partial charge >= 0.3 is 0 Å². The van der Waals surface area contributed by atoms with Crippen molar-refractivity contribution in [2.75, 3.05) is 38.7 Å². The molecule has 0 spiro atoms. The molecule has 1 fully saturated rings. The van der Waals surface area contributed by atoms with E-state index in [9.17, 15) is 4.79 Å². The summed E-state index contributed by atoms with van der Waals surface area (Å²) in [6, 6.07) is 7.65. The Morgan fingerprint density at radius 3 is 3.00 bits per heavy atom. The Morgan fingerprint density at radius 1 is 1.38 bits per heavy atom. The molecule has 1 aliphatic heterocycles. The quantitative estimate of drug-likeness (QED) is 0.821. The van der Waals surface area contributed by atoms with E-state index in [0.717, 1.165) is 43.1 Å². The zero-order valence-corrected chi connectivity index (χ0v) is 15.4. The molecule has 7 nitrogen and oxygen atoms in total. The van der Waals surface area contributed by atoms with Gasteiger partial charge in [-0.1, -0.05) is 6.07 Å². The summed E-state index contributed by atoms with van der Waals surface area (Å²) in [4.78, 5) is 14.4. The number of carbonyl (C=O) groups excluding carboxylic acids is 1. The Labute approximate surface area is 153 Å². The second-order valence-corrected chi connectivity index (χ2v) is 6.68. The van der Waals surface area contributed by atoms with Crippen LogP contribution in [0.15, 0.2) is 36.7 Å². The van der Waals surface area contributed by atoms with Gasteiger partial charge in [-0.05, 0) is 31.5 Å². The summed E-state index contributed by atoms with van der Waals surface area (Å²) < 4.78 is 12.8. The normalized spacial score (nSPS) is 17.7. The lowest BCUT2D eigenvalue weighted by Gasteiger charge is -2.32. The van der Waals surface area contributed by atoms with Crippen molar-refractivity contribution >= 4 is 11.6 Å². The number of anilines is 1. The number of ether oxygens (including phenoxy) is 2.